The molecule has 2 N–H and O–H groups in total. The van der Waals surface area contributed by atoms with Crippen molar-refractivity contribution in [2.75, 3.05) is 13.2 Å². The lowest BCUT2D eigenvalue weighted by molar-refractivity contribution is 0.288. The first-order valence-corrected chi connectivity index (χ1v) is 7.96. The van der Waals surface area contributed by atoms with Crippen LogP contribution in [0.25, 0.3) is 0 Å². The molecule has 0 aliphatic heterocycles. The van der Waals surface area contributed by atoms with E-state index in [-0.39, 0.29) is 0 Å². The van der Waals surface area contributed by atoms with Crippen LogP contribution in [0.4, 0.5) is 0 Å². The van der Waals surface area contributed by atoms with Gasteiger partial charge in [-0.25, -0.2) is 9.98 Å². The fourth-order valence-corrected chi connectivity index (χ4v) is 2.03. The SMILES string of the molecule is CCNC(=NCc1ccnc(OCC2CC2)c1)NC1CC1. The van der Waals surface area contributed by atoms with Crippen molar-refractivity contribution < 1.29 is 4.74 Å². The summed E-state index contributed by atoms with van der Waals surface area (Å²) in [6, 6.07) is 4.60. The second kappa shape index (κ2) is 6.78. The van der Waals surface area contributed by atoms with Crippen LogP contribution in [0.15, 0.2) is 23.3 Å². The maximum Gasteiger partial charge on any atom is 0.213 e. The van der Waals surface area contributed by atoms with Gasteiger partial charge in [-0.3, -0.25) is 0 Å². The molecule has 21 heavy (non-hydrogen) atoms. The lowest BCUT2D eigenvalue weighted by Gasteiger charge is -2.10. The lowest BCUT2D eigenvalue weighted by Crippen LogP contribution is -2.38. The number of pyridine rings is 1. The summed E-state index contributed by atoms with van der Waals surface area (Å²) < 4.78 is 5.71. The van der Waals surface area contributed by atoms with Gasteiger partial charge in [0.1, 0.15) is 0 Å². The summed E-state index contributed by atoms with van der Waals surface area (Å²) in [5, 5.41) is 6.70. The van der Waals surface area contributed by atoms with Gasteiger partial charge in [-0.15, -0.1) is 0 Å². The molecule has 114 valence electrons. The van der Waals surface area contributed by atoms with E-state index in [1.165, 1.54) is 25.7 Å². The fraction of sp³-hybridized carbons (Fsp3) is 0.625. The van der Waals surface area contributed by atoms with Crippen LogP contribution in [-0.2, 0) is 6.54 Å². The Morgan fingerprint density at radius 1 is 1.38 bits per heavy atom. The number of hydrogen-bond donors (Lipinski definition) is 2. The maximum atomic E-state index is 5.71. The largest absolute Gasteiger partial charge is 0.477 e. The van der Waals surface area contributed by atoms with Gasteiger partial charge < -0.3 is 15.4 Å². The molecule has 2 fully saturated rings. The molecule has 0 radical (unpaired) electrons. The predicted molar refractivity (Wildman–Crippen MR) is 83.4 cm³/mol. The Balaban J connectivity index is 1.55. The molecule has 1 aromatic rings. The van der Waals surface area contributed by atoms with Crippen LogP contribution < -0.4 is 15.4 Å². The summed E-state index contributed by atoms with van der Waals surface area (Å²) in [5.74, 6) is 2.36. The van der Waals surface area contributed by atoms with Crippen molar-refractivity contribution in [1.29, 1.82) is 0 Å². The number of hydrogen-bond acceptors (Lipinski definition) is 3. The van der Waals surface area contributed by atoms with Gasteiger partial charge >= 0.3 is 0 Å². The molecule has 0 aromatic carbocycles. The average molecular weight is 288 g/mol. The summed E-state index contributed by atoms with van der Waals surface area (Å²) in [6.07, 6.45) is 6.89. The van der Waals surface area contributed by atoms with E-state index in [1.54, 1.807) is 6.20 Å². The smallest absolute Gasteiger partial charge is 0.213 e. The standard InChI is InChI=1S/C16H24N4O/c1-2-17-16(20-14-5-6-14)19-10-13-7-8-18-15(9-13)21-11-12-3-4-12/h7-9,12,14H,2-6,10-11H2,1H3,(H2,17,19,20). The molecule has 0 bridgehead atoms. The first kappa shape index (κ1) is 14.2. The topological polar surface area (TPSA) is 58.5 Å². The third-order valence-corrected chi connectivity index (χ3v) is 3.65. The number of nitrogens with one attached hydrogen (secondary N) is 2. The monoisotopic (exact) mass is 288 g/mol. The minimum Gasteiger partial charge on any atom is -0.477 e. The Hall–Kier alpha value is -1.78. The minimum absolute atomic E-state index is 0.609. The van der Waals surface area contributed by atoms with Crippen molar-refractivity contribution in [3.8, 4) is 5.88 Å². The van der Waals surface area contributed by atoms with Gasteiger partial charge in [-0.05, 0) is 50.2 Å². The number of nitrogens with zero attached hydrogens (tertiary/aromatic N) is 2. The Labute approximate surface area is 126 Å². The Morgan fingerprint density at radius 3 is 2.95 bits per heavy atom. The first-order chi connectivity index (χ1) is 10.3. The average Bonchev–Trinajstić information content (AvgIpc) is 3.37. The highest BCUT2D eigenvalue weighted by Gasteiger charge is 2.22. The Morgan fingerprint density at radius 2 is 2.24 bits per heavy atom. The second-order valence-electron chi connectivity index (χ2n) is 5.87. The molecular weight excluding hydrogens is 264 g/mol. The molecule has 2 saturated carbocycles. The van der Waals surface area contributed by atoms with Gasteiger partial charge in [-0.1, -0.05) is 0 Å². The molecule has 2 aliphatic carbocycles. The third-order valence-electron chi connectivity index (χ3n) is 3.65. The summed E-state index contributed by atoms with van der Waals surface area (Å²) in [5.41, 5.74) is 1.13. The van der Waals surface area contributed by atoms with Crippen LogP contribution in [0, 0.1) is 5.92 Å². The van der Waals surface area contributed by atoms with E-state index in [9.17, 15) is 0 Å². The number of aromatic nitrogens is 1. The quantitative estimate of drug-likeness (QED) is 0.596. The molecule has 0 unspecified atom stereocenters. The summed E-state index contributed by atoms with van der Waals surface area (Å²) >= 11 is 0. The number of rotatable bonds is 7. The van der Waals surface area contributed by atoms with E-state index in [0.29, 0.717) is 12.6 Å². The third kappa shape index (κ3) is 4.92. The Kier molecular flexibility index (Phi) is 4.58. The number of guanidine groups is 1. The normalized spacial score (nSPS) is 18.4. The van der Waals surface area contributed by atoms with Crippen molar-refractivity contribution in [1.82, 2.24) is 15.6 Å². The second-order valence-corrected chi connectivity index (χ2v) is 5.87. The van der Waals surface area contributed by atoms with E-state index in [1.807, 2.05) is 12.1 Å². The van der Waals surface area contributed by atoms with Crippen LogP contribution in [-0.4, -0.2) is 30.1 Å². The zero-order chi connectivity index (χ0) is 14.5. The van der Waals surface area contributed by atoms with E-state index in [0.717, 1.165) is 36.5 Å². The van der Waals surface area contributed by atoms with Gasteiger partial charge in [0, 0.05) is 24.8 Å². The number of ether oxygens (including phenoxy) is 1. The summed E-state index contributed by atoms with van der Waals surface area (Å²) in [4.78, 5) is 8.88. The van der Waals surface area contributed by atoms with Crippen LogP contribution in [0.5, 0.6) is 5.88 Å². The van der Waals surface area contributed by atoms with Crippen molar-refractivity contribution in [3.05, 3.63) is 23.9 Å². The zero-order valence-electron chi connectivity index (χ0n) is 12.6. The molecule has 5 heteroatoms. The molecule has 5 nitrogen and oxygen atoms in total. The molecule has 0 spiro atoms. The van der Waals surface area contributed by atoms with Gasteiger partial charge in [0.15, 0.2) is 5.96 Å². The van der Waals surface area contributed by atoms with E-state index in [2.05, 4.69) is 27.5 Å². The molecule has 1 heterocycles. The van der Waals surface area contributed by atoms with Crippen LogP contribution in [0.1, 0.15) is 38.2 Å². The Bertz CT molecular complexity index is 495. The van der Waals surface area contributed by atoms with E-state index < -0.39 is 0 Å². The maximum absolute atomic E-state index is 5.71. The molecular formula is C16H24N4O. The van der Waals surface area contributed by atoms with Gasteiger partial charge in [0.2, 0.25) is 5.88 Å². The van der Waals surface area contributed by atoms with Crippen molar-refractivity contribution in [2.45, 2.75) is 45.2 Å². The highest BCUT2D eigenvalue weighted by molar-refractivity contribution is 5.80. The molecule has 3 rings (SSSR count). The van der Waals surface area contributed by atoms with Crippen LogP contribution in [0.3, 0.4) is 0 Å². The van der Waals surface area contributed by atoms with Crippen molar-refractivity contribution >= 4 is 5.96 Å². The lowest BCUT2D eigenvalue weighted by atomic mass is 10.3. The van der Waals surface area contributed by atoms with Crippen molar-refractivity contribution in [3.63, 3.8) is 0 Å². The molecule has 1 aromatic heterocycles. The molecule has 0 saturated heterocycles. The highest BCUT2D eigenvalue weighted by atomic mass is 16.5. The predicted octanol–water partition coefficient (Wildman–Crippen LogP) is 2.09. The fourth-order valence-electron chi connectivity index (χ4n) is 2.03. The summed E-state index contributed by atoms with van der Waals surface area (Å²) in [6.45, 7) is 4.40. The van der Waals surface area contributed by atoms with Crippen LogP contribution >= 0.6 is 0 Å². The van der Waals surface area contributed by atoms with Crippen LogP contribution in [0.2, 0.25) is 0 Å². The molecule has 2 aliphatic rings. The van der Waals surface area contributed by atoms with E-state index in [4.69, 9.17) is 4.74 Å². The zero-order valence-corrected chi connectivity index (χ0v) is 12.6. The van der Waals surface area contributed by atoms with Gasteiger partial charge in [0.25, 0.3) is 0 Å². The minimum atomic E-state index is 0.609. The molecule has 0 amide bonds. The van der Waals surface area contributed by atoms with E-state index >= 15 is 0 Å². The van der Waals surface area contributed by atoms with Gasteiger partial charge in [0.05, 0.1) is 13.2 Å². The van der Waals surface area contributed by atoms with Gasteiger partial charge in [-0.2, -0.15) is 0 Å². The molecule has 0 atom stereocenters. The highest BCUT2D eigenvalue weighted by Crippen LogP contribution is 2.29. The first-order valence-electron chi connectivity index (χ1n) is 7.96. The number of aliphatic imine (C=N–C) groups is 1. The van der Waals surface area contributed by atoms with Crippen molar-refractivity contribution in [2.24, 2.45) is 10.9 Å². The summed E-state index contributed by atoms with van der Waals surface area (Å²) in [7, 11) is 0.